The molecule has 1 saturated heterocycles. The van der Waals surface area contributed by atoms with E-state index in [1.807, 2.05) is 0 Å². The van der Waals surface area contributed by atoms with Gasteiger partial charge in [0.25, 0.3) is 0 Å². The number of likely N-dealkylation sites (tertiary alicyclic amines) is 1. The van der Waals surface area contributed by atoms with E-state index in [1.165, 1.54) is 0 Å². The zero-order chi connectivity index (χ0) is 10.1. The van der Waals surface area contributed by atoms with Crippen LogP contribution in [-0.4, -0.2) is 36.5 Å². The smallest absolute Gasteiger partial charge is 0.220 e. The Morgan fingerprint density at radius 3 is 2.46 bits per heavy atom. The van der Waals surface area contributed by atoms with Crippen LogP contribution in [0.5, 0.6) is 0 Å². The molecular weight excluding hydrogens is 164 g/mol. The van der Waals surface area contributed by atoms with Gasteiger partial charge in [0.15, 0.2) is 0 Å². The second-order valence-electron chi connectivity index (χ2n) is 4.88. The molecule has 0 bridgehead atoms. The fraction of sp³-hybridized carbons (Fsp3) is 0.900. The Bertz CT molecular complexity index is 195. The maximum Gasteiger partial charge on any atom is 0.220 e. The van der Waals surface area contributed by atoms with E-state index in [2.05, 4.69) is 38.0 Å². The minimum atomic E-state index is 0.0285. The molecule has 1 aliphatic rings. The van der Waals surface area contributed by atoms with Gasteiger partial charge in [0.1, 0.15) is 0 Å². The Balaban J connectivity index is 2.28. The predicted molar refractivity (Wildman–Crippen MR) is 53.5 cm³/mol. The molecule has 0 aliphatic carbocycles. The third-order valence-electron chi connectivity index (χ3n) is 2.27. The van der Waals surface area contributed by atoms with Gasteiger partial charge >= 0.3 is 0 Å². The average molecular weight is 184 g/mol. The number of likely N-dealkylation sites (N-methyl/N-ethyl adjacent to an activating group) is 1. The zero-order valence-corrected chi connectivity index (χ0v) is 9.05. The number of nitrogens with zero attached hydrogens (tertiary/aromatic N) is 1. The van der Waals surface area contributed by atoms with E-state index in [1.54, 1.807) is 0 Å². The maximum atomic E-state index is 11.4. The molecule has 0 radical (unpaired) electrons. The number of nitrogens with one attached hydrogen (secondary N) is 1. The van der Waals surface area contributed by atoms with Crippen molar-refractivity contribution in [2.75, 3.05) is 20.1 Å². The lowest BCUT2D eigenvalue weighted by Gasteiger charge is -2.46. The lowest BCUT2D eigenvalue weighted by Crippen LogP contribution is -2.67. The van der Waals surface area contributed by atoms with Gasteiger partial charge in [-0.1, -0.05) is 13.8 Å². The van der Waals surface area contributed by atoms with Crippen molar-refractivity contribution in [2.24, 2.45) is 5.92 Å². The number of amides is 1. The highest BCUT2D eigenvalue weighted by Crippen LogP contribution is 2.18. The lowest BCUT2D eigenvalue weighted by atomic mass is 9.92. The molecule has 0 atom stereocenters. The largest absolute Gasteiger partial charge is 0.348 e. The van der Waals surface area contributed by atoms with Gasteiger partial charge in [-0.15, -0.1) is 0 Å². The Labute approximate surface area is 80.5 Å². The van der Waals surface area contributed by atoms with Crippen LogP contribution in [0.1, 0.15) is 27.2 Å². The fourth-order valence-corrected chi connectivity index (χ4v) is 1.98. The Morgan fingerprint density at radius 2 is 2.08 bits per heavy atom. The van der Waals surface area contributed by atoms with E-state index in [0.717, 1.165) is 13.1 Å². The van der Waals surface area contributed by atoms with E-state index < -0.39 is 0 Å². The SMILES string of the molecule is CC(C)CC(=O)NC1(C)CN(C)C1. The lowest BCUT2D eigenvalue weighted by molar-refractivity contribution is -0.125. The van der Waals surface area contributed by atoms with Crippen molar-refractivity contribution in [2.45, 2.75) is 32.7 Å². The molecular formula is C10H20N2O. The van der Waals surface area contributed by atoms with Crippen LogP contribution in [0.15, 0.2) is 0 Å². The quantitative estimate of drug-likeness (QED) is 0.705. The van der Waals surface area contributed by atoms with Gasteiger partial charge in [0, 0.05) is 19.5 Å². The molecule has 1 aliphatic heterocycles. The first-order valence-electron chi connectivity index (χ1n) is 4.91. The molecule has 76 valence electrons. The molecule has 13 heavy (non-hydrogen) atoms. The monoisotopic (exact) mass is 184 g/mol. The molecule has 1 rings (SSSR count). The Hall–Kier alpha value is -0.570. The highest BCUT2D eigenvalue weighted by molar-refractivity contribution is 5.77. The highest BCUT2D eigenvalue weighted by atomic mass is 16.1. The van der Waals surface area contributed by atoms with Gasteiger partial charge in [0.05, 0.1) is 5.54 Å². The van der Waals surface area contributed by atoms with Crippen molar-refractivity contribution in [3.63, 3.8) is 0 Å². The summed E-state index contributed by atoms with van der Waals surface area (Å²) in [6.45, 7) is 8.17. The van der Waals surface area contributed by atoms with Gasteiger partial charge in [-0.25, -0.2) is 0 Å². The molecule has 0 aromatic carbocycles. The van der Waals surface area contributed by atoms with Crippen LogP contribution in [0.3, 0.4) is 0 Å². The van der Waals surface area contributed by atoms with Gasteiger partial charge < -0.3 is 10.2 Å². The average Bonchev–Trinajstić information content (AvgIpc) is 1.79. The minimum Gasteiger partial charge on any atom is -0.348 e. The summed E-state index contributed by atoms with van der Waals surface area (Å²) in [5, 5.41) is 3.07. The summed E-state index contributed by atoms with van der Waals surface area (Å²) in [6, 6.07) is 0. The molecule has 1 amide bonds. The van der Waals surface area contributed by atoms with Crippen LogP contribution in [0.2, 0.25) is 0 Å². The standard InChI is InChI=1S/C10H20N2O/c1-8(2)5-9(13)11-10(3)6-12(4)7-10/h8H,5-7H2,1-4H3,(H,11,13). The van der Waals surface area contributed by atoms with Crippen molar-refractivity contribution in [3.05, 3.63) is 0 Å². The minimum absolute atomic E-state index is 0.0285. The van der Waals surface area contributed by atoms with E-state index in [0.29, 0.717) is 12.3 Å². The summed E-state index contributed by atoms with van der Waals surface area (Å²) in [7, 11) is 2.07. The summed E-state index contributed by atoms with van der Waals surface area (Å²) in [4.78, 5) is 13.6. The normalized spacial score (nSPS) is 21.3. The van der Waals surface area contributed by atoms with Crippen molar-refractivity contribution in [3.8, 4) is 0 Å². The van der Waals surface area contributed by atoms with Gasteiger partial charge in [-0.2, -0.15) is 0 Å². The molecule has 3 heteroatoms. The van der Waals surface area contributed by atoms with Crippen molar-refractivity contribution in [1.29, 1.82) is 0 Å². The molecule has 0 aromatic rings. The molecule has 3 nitrogen and oxygen atoms in total. The third-order valence-corrected chi connectivity index (χ3v) is 2.27. The van der Waals surface area contributed by atoms with Gasteiger partial charge in [-0.3, -0.25) is 4.79 Å². The number of carbonyl (C=O) groups is 1. The number of rotatable bonds is 3. The number of carbonyl (C=O) groups excluding carboxylic acids is 1. The van der Waals surface area contributed by atoms with Crippen molar-refractivity contribution >= 4 is 5.91 Å². The number of hydrogen-bond donors (Lipinski definition) is 1. The molecule has 0 saturated carbocycles. The zero-order valence-electron chi connectivity index (χ0n) is 9.05. The highest BCUT2D eigenvalue weighted by Gasteiger charge is 2.37. The third kappa shape index (κ3) is 2.99. The fourth-order valence-electron chi connectivity index (χ4n) is 1.98. The topological polar surface area (TPSA) is 32.3 Å². The number of hydrogen-bond acceptors (Lipinski definition) is 2. The summed E-state index contributed by atoms with van der Waals surface area (Å²) >= 11 is 0. The molecule has 1 N–H and O–H groups in total. The first-order chi connectivity index (χ1) is 5.91. The Kier molecular flexibility index (Phi) is 2.96. The second kappa shape index (κ2) is 3.66. The summed E-state index contributed by atoms with van der Waals surface area (Å²) in [6.07, 6.45) is 0.638. The van der Waals surface area contributed by atoms with E-state index >= 15 is 0 Å². The van der Waals surface area contributed by atoms with Crippen LogP contribution in [0.25, 0.3) is 0 Å². The van der Waals surface area contributed by atoms with Crippen LogP contribution in [0.4, 0.5) is 0 Å². The van der Waals surface area contributed by atoms with E-state index in [4.69, 9.17) is 0 Å². The molecule has 0 spiro atoms. The summed E-state index contributed by atoms with van der Waals surface area (Å²) in [5.74, 6) is 0.631. The summed E-state index contributed by atoms with van der Waals surface area (Å²) < 4.78 is 0. The van der Waals surface area contributed by atoms with Gasteiger partial charge in [0.2, 0.25) is 5.91 Å². The van der Waals surface area contributed by atoms with Crippen LogP contribution in [-0.2, 0) is 4.79 Å². The molecule has 0 aromatic heterocycles. The van der Waals surface area contributed by atoms with E-state index in [-0.39, 0.29) is 11.4 Å². The van der Waals surface area contributed by atoms with Crippen molar-refractivity contribution < 1.29 is 4.79 Å². The molecule has 0 unspecified atom stereocenters. The summed E-state index contributed by atoms with van der Waals surface area (Å²) in [5.41, 5.74) is 0.0285. The van der Waals surface area contributed by atoms with Gasteiger partial charge in [-0.05, 0) is 19.9 Å². The first kappa shape index (κ1) is 10.5. The Morgan fingerprint density at radius 1 is 1.54 bits per heavy atom. The van der Waals surface area contributed by atoms with Crippen LogP contribution >= 0.6 is 0 Å². The van der Waals surface area contributed by atoms with Crippen molar-refractivity contribution in [1.82, 2.24) is 10.2 Å². The first-order valence-corrected chi connectivity index (χ1v) is 4.91. The molecule has 1 fully saturated rings. The van der Waals surface area contributed by atoms with Crippen LogP contribution in [0, 0.1) is 5.92 Å². The van der Waals surface area contributed by atoms with E-state index in [9.17, 15) is 4.79 Å². The predicted octanol–water partition coefficient (Wildman–Crippen LogP) is 0.853. The van der Waals surface area contributed by atoms with Crippen LogP contribution < -0.4 is 5.32 Å². The second-order valence-corrected chi connectivity index (χ2v) is 4.88. The maximum absolute atomic E-state index is 11.4. The molecule has 1 heterocycles.